The van der Waals surface area contributed by atoms with Crippen LogP contribution in [0.3, 0.4) is 0 Å². The minimum Gasteiger partial charge on any atom is -0.469 e. The Morgan fingerprint density at radius 3 is 2.61 bits per heavy atom. The molecule has 1 rings (SSSR count). The van der Waals surface area contributed by atoms with Gasteiger partial charge in [-0.25, -0.2) is 0 Å². The molecule has 106 valence electrons. The largest absolute Gasteiger partial charge is 0.469 e. The summed E-state index contributed by atoms with van der Waals surface area (Å²) in [6, 6.07) is 0.285. The average Bonchev–Trinajstić information content (AvgIpc) is 2.37. The van der Waals surface area contributed by atoms with Crippen molar-refractivity contribution in [2.45, 2.75) is 38.8 Å². The van der Waals surface area contributed by atoms with Crippen molar-refractivity contribution in [1.82, 2.24) is 4.90 Å². The molecule has 0 amide bonds. The molecule has 0 aromatic rings. The molecular weight excluding hydrogens is 232 g/mol. The van der Waals surface area contributed by atoms with E-state index >= 15 is 0 Å². The molecule has 1 aliphatic rings. The van der Waals surface area contributed by atoms with Crippen LogP contribution in [0.4, 0.5) is 0 Å². The molecule has 0 saturated carbocycles. The standard InChI is InChI=1S/C13H26N2O3/c1-13(2,12(16)18-4)9-15-6-5-11(17-3)7-10(15)8-14/h10-11H,5-9,14H2,1-4H3. The number of likely N-dealkylation sites (tertiary alicyclic amines) is 1. The molecule has 0 aliphatic carbocycles. The lowest BCUT2D eigenvalue weighted by molar-refractivity contribution is -0.152. The number of piperidine rings is 1. The summed E-state index contributed by atoms with van der Waals surface area (Å²) in [6.45, 7) is 6.01. The van der Waals surface area contributed by atoms with Gasteiger partial charge in [0.1, 0.15) is 0 Å². The van der Waals surface area contributed by atoms with E-state index in [9.17, 15) is 4.79 Å². The molecular formula is C13H26N2O3. The average molecular weight is 258 g/mol. The normalized spacial score (nSPS) is 26.1. The second kappa shape index (κ2) is 6.50. The van der Waals surface area contributed by atoms with Gasteiger partial charge in [0.05, 0.1) is 18.6 Å². The third-order valence-electron chi connectivity index (χ3n) is 3.73. The summed E-state index contributed by atoms with van der Waals surface area (Å²) in [4.78, 5) is 14.0. The van der Waals surface area contributed by atoms with Crippen molar-refractivity contribution in [2.75, 3.05) is 33.9 Å². The van der Waals surface area contributed by atoms with Crippen molar-refractivity contribution in [2.24, 2.45) is 11.1 Å². The monoisotopic (exact) mass is 258 g/mol. The molecule has 1 aliphatic heterocycles. The van der Waals surface area contributed by atoms with E-state index in [1.54, 1.807) is 7.11 Å². The highest BCUT2D eigenvalue weighted by Crippen LogP contribution is 2.25. The molecule has 2 N–H and O–H groups in total. The van der Waals surface area contributed by atoms with Gasteiger partial charge in [-0.2, -0.15) is 0 Å². The van der Waals surface area contributed by atoms with Crippen LogP contribution in [-0.2, 0) is 14.3 Å². The topological polar surface area (TPSA) is 64.8 Å². The summed E-state index contributed by atoms with van der Waals surface area (Å²) >= 11 is 0. The third-order valence-corrected chi connectivity index (χ3v) is 3.73. The first kappa shape index (κ1) is 15.4. The smallest absolute Gasteiger partial charge is 0.312 e. The van der Waals surface area contributed by atoms with E-state index in [0.29, 0.717) is 13.1 Å². The molecule has 2 unspecified atom stereocenters. The lowest BCUT2D eigenvalue weighted by Crippen LogP contribution is -2.52. The summed E-state index contributed by atoms with van der Waals surface area (Å²) in [5.74, 6) is -0.174. The van der Waals surface area contributed by atoms with Crippen LogP contribution in [0.5, 0.6) is 0 Å². The first-order valence-electron chi connectivity index (χ1n) is 6.50. The molecule has 1 saturated heterocycles. The van der Waals surface area contributed by atoms with Crippen LogP contribution in [-0.4, -0.2) is 56.9 Å². The number of ether oxygens (including phenoxy) is 2. The fourth-order valence-corrected chi connectivity index (χ4v) is 2.58. The van der Waals surface area contributed by atoms with Gasteiger partial charge in [0.2, 0.25) is 0 Å². The van der Waals surface area contributed by atoms with Crippen molar-refractivity contribution in [1.29, 1.82) is 0 Å². The molecule has 0 bridgehead atoms. The first-order valence-corrected chi connectivity index (χ1v) is 6.50. The Labute approximate surface area is 110 Å². The third kappa shape index (κ3) is 3.67. The molecule has 5 heteroatoms. The molecule has 5 nitrogen and oxygen atoms in total. The number of carbonyl (C=O) groups excluding carboxylic acids is 1. The Morgan fingerprint density at radius 1 is 1.44 bits per heavy atom. The zero-order valence-electron chi connectivity index (χ0n) is 11.9. The van der Waals surface area contributed by atoms with Crippen molar-refractivity contribution in [3.05, 3.63) is 0 Å². The molecule has 0 radical (unpaired) electrons. The quantitative estimate of drug-likeness (QED) is 0.733. The van der Waals surface area contributed by atoms with E-state index < -0.39 is 5.41 Å². The van der Waals surface area contributed by atoms with E-state index in [1.807, 2.05) is 13.8 Å². The van der Waals surface area contributed by atoms with Gasteiger partial charge >= 0.3 is 5.97 Å². The van der Waals surface area contributed by atoms with Crippen LogP contribution in [0, 0.1) is 5.41 Å². The molecule has 1 fully saturated rings. The lowest BCUT2D eigenvalue weighted by atomic mass is 9.89. The fraction of sp³-hybridized carbons (Fsp3) is 0.923. The molecule has 0 aromatic heterocycles. The van der Waals surface area contributed by atoms with Gasteiger partial charge in [0.15, 0.2) is 0 Å². The summed E-state index contributed by atoms with van der Waals surface area (Å²) in [6.07, 6.45) is 2.21. The van der Waals surface area contributed by atoms with Gasteiger partial charge in [-0.1, -0.05) is 0 Å². The van der Waals surface area contributed by atoms with E-state index in [-0.39, 0.29) is 18.1 Å². The Morgan fingerprint density at radius 2 is 2.11 bits per heavy atom. The molecule has 0 spiro atoms. The first-order chi connectivity index (χ1) is 8.44. The van der Waals surface area contributed by atoms with Gasteiger partial charge in [0.25, 0.3) is 0 Å². The number of esters is 1. The number of nitrogens with zero attached hydrogens (tertiary/aromatic N) is 1. The Kier molecular flexibility index (Phi) is 5.56. The predicted molar refractivity (Wildman–Crippen MR) is 70.2 cm³/mol. The summed E-state index contributed by atoms with van der Waals surface area (Å²) in [5.41, 5.74) is 5.33. The number of nitrogens with two attached hydrogens (primary N) is 1. The zero-order chi connectivity index (χ0) is 13.8. The molecule has 18 heavy (non-hydrogen) atoms. The van der Waals surface area contributed by atoms with Crippen molar-refractivity contribution < 1.29 is 14.3 Å². The van der Waals surface area contributed by atoms with Gasteiger partial charge in [-0.3, -0.25) is 9.69 Å². The maximum Gasteiger partial charge on any atom is 0.312 e. The second-order valence-corrected chi connectivity index (χ2v) is 5.62. The maximum atomic E-state index is 11.7. The minimum atomic E-state index is -0.498. The van der Waals surface area contributed by atoms with Crippen molar-refractivity contribution in [3.8, 4) is 0 Å². The van der Waals surface area contributed by atoms with E-state index in [2.05, 4.69) is 4.90 Å². The van der Waals surface area contributed by atoms with Gasteiger partial charge in [0, 0.05) is 32.8 Å². The second-order valence-electron chi connectivity index (χ2n) is 5.62. The van der Waals surface area contributed by atoms with Crippen molar-refractivity contribution >= 4 is 5.97 Å². The van der Waals surface area contributed by atoms with Crippen molar-refractivity contribution in [3.63, 3.8) is 0 Å². The number of rotatable bonds is 5. The van der Waals surface area contributed by atoms with Crippen LogP contribution < -0.4 is 5.73 Å². The number of hydrogen-bond acceptors (Lipinski definition) is 5. The Bertz CT molecular complexity index is 281. The highest BCUT2D eigenvalue weighted by Gasteiger charge is 2.36. The van der Waals surface area contributed by atoms with Crippen LogP contribution in [0.15, 0.2) is 0 Å². The van der Waals surface area contributed by atoms with Crippen LogP contribution in [0.25, 0.3) is 0 Å². The van der Waals surface area contributed by atoms with Gasteiger partial charge < -0.3 is 15.2 Å². The molecule has 2 atom stereocenters. The zero-order valence-corrected chi connectivity index (χ0v) is 11.9. The number of methoxy groups -OCH3 is 2. The van der Waals surface area contributed by atoms with E-state index in [0.717, 1.165) is 19.4 Å². The minimum absolute atomic E-state index is 0.174. The fourth-order valence-electron chi connectivity index (χ4n) is 2.58. The van der Waals surface area contributed by atoms with Gasteiger partial charge in [-0.15, -0.1) is 0 Å². The SMILES string of the molecule is COC(=O)C(C)(C)CN1CCC(OC)CC1CN. The maximum absolute atomic E-state index is 11.7. The van der Waals surface area contributed by atoms with E-state index in [1.165, 1.54) is 7.11 Å². The summed E-state index contributed by atoms with van der Waals surface area (Å²) < 4.78 is 10.2. The van der Waals surface area contributed by atoms with Crippen LogP contribution >= 0.6 is 0 Å². The Balaban J connectivity index is 2.63. The van der Waals surface area contributed by atoms with Crippen LogP contribution in [0.2, 0.25) is 0 Å². The molecule has 1 heterocycles. The number of hydrogen-bond donors (Lipinski definition) is 1. The number of carbonyl (C=O) groups is 1. The van der Waals surface area contributed by atoms with Gasteiger partial charge in [-0.05, 0) is 26.7 Å². The predicted octanol–water partition coefficient (Wildman–Crippen LogP) is 0.624. The Hall–Kier alpha value is -0.650. The lowest BCUT2D eigenvalue weighted by Gasteiger charge is -2.41. The van der Waals surface area contributed by atoms with Crippen LogP contribution in [0.1, 0.15) is 26.7 Å². The summed E-state index contributed by atoms with van der Waals surface area (Å²) in [5, 5.41) is 0. The van der Waals surface area contributed by atoms with E-state index in [4.69, 9.17) is 15.2 Å². The molecule has 0 aromatic carbocycles. The summed E-state index contributed by atoms with van der Waals surface area (Å²) in [7, 11) is 3.17. The highest BCUT2D eigenvalue weighted by molar-refractivity contribution is 5.76. The highest BCUT2D eigenvalue weighted by atomic mass is 16.5.